The van der Waals surface area contributed by atoms with Gasteiger partial charge in [0.1, 0.15) is 0 Å². The van der Waals surface area contributed by atoms with Gasteiger partial charge in [-0.2, -0.15) is 0 Å². The molecule has 0 aromatic rings. The van der Waals surface area contributed by atoms with E-state index in [4.69, 9.17) is 4.52 Å². The van der Waals surface area contributed by atoms with Gasteiger partial charge in [0.05, 0.1) is 17.9 Å². The molecule has 0 aromatic heterocycles. The number of hydrogen-bond donors (Lipinski definition) is 2. The standard InChI is InChI=1S/C12H27O3P/c1-8(2)7-10(5)15-16(14)12(9(3)4)11(6)13/h8-14H,7H2,1-6H3. The third-order valence-electron chi connectivity index (χ3n) is 2.52. The fourth-order valence-electron chi connectivity index (χ4n) is 1.96. The normalized spacial score (nSPS) is 19.9. The van der Waals surface area contributed by atoms with E-state index in [0.717, 1.165) is 6.42 Å². The molecule has 0 amide bonds. The molecule has 4 atom stereocenters. The zero-order chi connectivity index (χ0) is 12.9. The third kappa shape index (κ3) is 6.15. The smallest absolute Gasteiger partial charge is 0.174 e. The zero-order valence-corrected chi connectivity index (χ0v) is 12.2. The van der Waals surface area contributed by atoms with Crippen molar-refractivity contribution >= 4 is 8.38 Å². The van der Waals surface area contributed by atoms with E-state index in [9.17, 15) is 10.00 Å². The Kier molecular flexibility index (Phi) is 7.75. The highest BCUT2D eigenvalue weighted by molar-refractivity contribution is 7.47. The van der Waals surface area contributed by atoms with E-state index in [1.807, 2.05) is 20.8 Å². The summed E-state index contributed by atoms with van der Waals surface area (Å²) < 4.78 is 5.61. The maximum absolute atomic E-state index is 10.0. The third-order valence-corrected chi connectivity index (χ3v) is 4.64. The van der Waals surface area contributed by atoms with Gasteiger partial charge in [0.2, 0.25) is 0 Å². The van der Waals surface area contributed by atoms with Crippen LogP contribution in [0.15, 0.2) is 0 Å². The minimum Gasteiger partial charge on any atom is -0.393 e. The lowest BCUT2D eigenvalue weighted by Gasteiger charge is -2.30. The molecule has 0 radical (unpaired) electrons. The van der Waals surface area contributed by atoms with Crippen molar-refractivity contribution in [3.63, 3.8) is 0 Å². The minimum absolute atomic E-state index is 0.0520. The molecule has 0 saturated heterocycles. The van der Waals surface area contributed by atoms with E-state index < -0.39 is 14.5 Å². The Morgan fingerprint density at radius 3 is 1.88 bits per heavy atom. The van der Waals surface area contributed by atoms with Crippen LogP contribution in [0.3, 0.4) is 0 Å². The quantitative estimate of drug-likeness (QED) is 0.682. The second-order valence-corrected chi connectivity index (χ2v) is 6.74. The van der Waals surface area contributed by atoms with Crippen molar-refractivity contribution in [1.29, 1.82) is 0 Å². The van der Waals surface area contributed by atoms with E-state index in [1.54, 1.807) is 6.92 Å². The fraction of sp³-hybridized carbons (Fsp3) is 1.00. The first kappa shape index (κ1) is 16.3. The Morgan fingerprint density at radius 2 is 1.56 bits per heavy atom. The minimum atomic E-state index is -1.54. The summed E-state index contributed by atoms with van der Waals surface area (Å²) in [4.78, 5) is 10.0. The van der Waals surface area contributed by atoms with Crippen LogP contribution < -0.4 is 0 Å². The van der Waals surface area contributed by atoms with Crippen LogP contribution in [0.2, 0.25) is 0 Å². The van der Waals surface area contributed by atoms with E-state index >= 15 is 0 Å². The van der Waals surface area contributed by atoms with Crippen LogP contribution in [-0.4, -0.2) is 27.9 Å². The van der Waals surface area contributed by atoms with Crippen molar-refractivity contribution in [2.24, 2.45) is 11.8 Å². The summed E-state index contributed by atoms with van der Waals surface area (Å²) in [6.07, 6.45) is 0.461. The predicted molar refractivity (Wildman–Crippen MR) is 69.4 cm³/mol. The molecule has 0 aliphatic rings. The van der Waals surface area contributed by atoms with Crippen molar-refractivity contribution in [1.82, 2.24) is 0 Å². The van der Waals surface area contributed by atoms with Gasteiger partial charge in [0.15, 0.2) is 8.38 Å². The Bertz CT molecular complexity index is 175. The summed E-state index contributed by atoms with van der Waals surface area (Å²) in [5.41, 5.74) is -0.162. The lowest BCUT2D eigenvalue weighted by molar-refractivity contribution is 0.142. The van der Waals surface area contributed by atoms with Crippen LogP contribution in [0.4, 0.5) is 0 Å². The molecule has 2 N–H and O–H groups in total. The van der Waals surface area contributed by atoms with Gasteiger partial charge < -0.3 is 14.5 Å². The molecule has 4 heteroatoms. The summed E-state index contributed by atoms with van der Waals surface area (Å²) in [6, 6.07) is 0. The van der Waals surface area contributed by atoms with Gasteiger partial charge in [-0.05, 0) is 32.1 Å². The van der Waals surface area contributed by atoms with Crippen LogP contribution in [0.1, 0.15) is 48.0 Å². The van der Waals surface area contributed by atoms with E-state index in [2.05, 4.69) is 13.8 Å². The first-order valence-electron chi connectivity index (χ1n) is 6.08. The molecule has 0 spiro atoms. The molecule has 0 rings (SSSR count). The summed E-state index contributed by atoms with van der Waals surface area (Å²) in [5.74, 6) is 0.782. The fourth-order valence-corrected chi connectivity index (χ4v) is 3.43. The molecule has 0 aliphatic carbocycles. The summed E-state index contributed by atoms with van der Waals surface area (Å²) in [5, 5.41) is 9.62. The van der Waals surface area contributed by atoms with Gasteiger partial charge in [-0.3, -0.25) is 0 Å². The Morgan fingerprint density at radius 1 is 1.06 bits per heavy atom. The van der Waals surface area contributed by atoms with Crippen LogP contribution >= 0.6 is 8.38 Å². The molecule has 0 aliphatic heterocycles. The highest BCUT2D eigenvalue weighted by atomic mass is 31.2. The average Bonchev–Trinajstić information content (AvgIpc) is 1.98. The second kappa shape index (κ2) is 7.60. The Balaban J connectivity index is 4.24. The maximum Gasteiger partial charge on any atom is 0.174 e. The lowest BCUT2D eigenvalue weighted by atomic mass is 10.1. The van der Waals surface area contributed by atoms with Crippen molar-refractivity contribution < 1.29 is 14.5 Å². The van der Waals surface area contributed by atoms with Gasteiger partial charge in [-0.1, -0.05) is 27.7 Å². The largest absolute Gasteiger partial charge is 0.393 e. The molecular weight excluding hydrogens is 223 g/mol. The lowest BCUT2D eigenvalue weighted by Crippen LogP contribution is -2.28. The first-order valence-corrected chi connectivity index (χ1v) is 7.36. The van der Waals surface area contributed by atoms with E-state index in [0.29, 0.717) is 5.92 Å². The maximum atomic E-state index is 10.0. The molecule has 3 nitrogen and oxygen atoms in total. The molecular formula is C12H27O3P. The molecule has 0 fully saturated rings. The highest BCUT2D eigenvalue weighted by Crippen LogP contribution is 2.45. The topological polar surface area (TPSA) is 49.7 Å². The van der Waals surface area contributed by atoms with Gasteiger partial charge in [-0.25, -0.2) is 0 Å². The highest BCUT2D eigenvalue weighted by Gasteiger charge is 2.30. The summed E-state index contributed by atoms with van der Waals surface area (Å²) >= 11 is 0. The summed E-state index contributed by atoms with van der Waals surface area (Å²) in [7, 11) is -1.54. The van der Waals surface area contributed by atoms with E-state index in [-0.39, 0.29) is 17.7 Å². The van der Waals surface area contributed by atoms with Crippen LogP contribution in [0.5, 0.6) is 0 Å². The number of rotatable bonds is 7. The molecule has 0 aromatic carbocycles. The van der Waals surface area contributed by atoms with Gasteiger partial charge in [0, 0.05) is 0 Å². The molecule has 4 unspecified atom stereocenters. The molecule has 16 heavy (non-hydrogen) atoms. The second-order valence-electron chi connectivity index (χ2n) is 5.32. The molecule has 0 heterocycles. The van der Waals surface area contributed by atoms with Gasteiger partial charge in [-0.15, -0.1) is 0 Å². The first-order chi connectivity index (χ1) is 7.25. The SMILES string of the molecule is CC(C)CC(C)OP(O)C(C(C)C)C(C)O. The van der Waals surface area contributed by atoms with Gasteiger partial charge in [0.25, 0.3) is 0 Å². The molecule has 98 valence electrons. The van der Waals surface area contributed by atoms with Crippen LogP contribution in [0, 0.1) is 11.8 Å². The molecule has 0 saturated carbocycles. The number of aliphatic hydroxyl groups excluding tert-OH is 1. The Labute approximate surface area is 101 Å². The zero-order valence-electron chi connectivity index (χ0n) is 11.3. The van der Waals surface area contributed by atoms with Crippen molar-refractivity contribution in [2.75, 3.05) is 0 Å². The van der Waals surface area contributed by atoms with Crippen molar-refractivity contribution in [2.45, 2.75) is 65.8 Å². The average molecular weight is 250 g/mol. The van der Waals surface area contributed by atoms with Crippen LogP contribution in [0.25, 0.3) is 0 Å². The van der Waals surface area contributed by atoms with E-state index in [1.165, 1.54) is 0 Å². The monoisotopic (exact) mass is 250 g/mol. The predicted octanol–water partition coefficient (Wildman–Crippen LogP) is 3.15. The molecule has 0 bridgehead atoms. The van der Waals surface area contributed by atoms with Gasteiger partial charge >= 0.3 is 0 Å². The number of hydrogen-bond acceptors (Lipinski definition) is 3. The Hall–Kier alpha value is 0.310. The van der Waals surface area contributed by atoms with Crippen molar-refractivity contribution in [3.05, 3.63) is 0 Å². The van der Waals surface area contributed by atoms with Crippen molar-refractivity contribution in [3.8, 4) is 0 Å². The van der Waals surface area contributed by atoms with Crippen LogP contribution in [-0.2, 0) is 4.52 Å². The number of aliphatic hydroxyl groups is 1. The summed E-state index contributed by atoms with van der Waals surface area (Å²) in [6.45, 7) is 12.0.